The first-order chi connectivity index (χ1) is 16.0. The lowest BCUT2D eigenvalue weighted by Gasteiger charge is -2.30. The predicted molar refractivity (Wildman–Crippen MR) is 132 cm³/mol. The quantitative estimate of drug-likeness (QED) is 0.528. The standard InChI is InChI=1S/C22H29N5O5S2/c1-14-10-11-16(32-14)19(22(2,3)4)24-21-20(25-33(29)26-21)23-15-8-7-9-17(18(15)28)34(30,31)27-12-5-6-13-27/h7-11,19,28H,5-6,12-13H2,1-4H3,(H,23,25)(H,24,26)/t19-,33?/m0/s1. The molecule has 0 saturated carbocycles. The minimum absolute atomic E-state index is 0.119. The molecule has 1 fully saturated rings. The predicted octanol–water partition coefficient (Wildman–Crippen LogP) is 3.26. The van der Waals surface area contributed by atoms with E-state index in [9.17, 15) is 17.7 Å². The van der Waals surface area contributed by atoms with Crippen LogP contribution < -0.4 is 10.6 Å². The molecule has 0 aliphatic carbocycles. The first-order valence-corrected chi connectivity index (χ1v) is 13.5. The first-order valence-electron chi connectivity index (χ1n) is 11.0. The number of para-hydroxylation sites is 1. The van der Waals surface area contributed by atoms with Gasteiger partial charge in [-0.25, -0.2) is 12.6 Å². The molecule has 1 saturated heterocycles. The molecule has 1 aromatic heterocycles. The smallest absolute Gasteiger partial charge is 0.269 e. The van der Waals surface area contributed by atoms with E-state index in [2.05, 4.69) is 19.4 Å². The molecule has 2 aromatic rings. The third-order valence-electron chi connectivity index (χ3n) is 5.69. The van der Waals surface area contributed by atoms with E-state index in [-0.39, 0.29) is 33.7 Å². The number of sulfonamides is 1. The van der Waals surface area contributed by atoms with E-state index >= 15 is 0 Å². The Morgan fingerprint density at radius 1 is 1.12 bits per heavy atom. The Bertz CT molecular complexity index is 1270. The Kier molecular flexibility index (Phi) is 6.58. The summed E-state index contributed by atoms with van der Waals surface area (Å²) < 4.78 is 53.4. The van der Waals surface area contributed by atoms with Crippen LogP contribution in [-0.2, 0) is 21.2 Å². The van der Waals surface area contributed by atoms with Crippen molar-refractivity contribution in [2.75, 3.05) is 18.4 Å². The highest BCUT2D eigenvalue weighted by Crippen LogP contribution is 2.36. The number of phenolic OH excluding ortho intramolecular Hbond substituents is 1. The maximum atomic E-state index is 13.0. The van der Waals surface area contributed by atoms with Gasteiger partial charge in [-0.3, -0.25) is 0 Å². The van der Waals surface area contributed by atoms with Crippen molar-refractivity contribution in [3.8, 4) is 5.75 Å². The topological polar surface area (TPSA) is 137 Å². The van der Waals surface area contributed by atoms with E-state index in [1.165, 1.54) is 22.5 Å². The van der Waals surface area contributed by atoms with Crippen LogP contribution in [0.5, 0.6) is 5.75 Å². The zero-order valence-electron chi connectivity index (χ0n) is 19.5. The number of nitrogens with one attached hydrogen (secondary N) is 2. The molecule has 12 heteroatoms. The Labute approximate surface area is 202 Å². The lowest BCUT2D eigenvalue weighted by Crippen LogP contribution is -2.41. The van der Waals surface area contributed by atoms with Gasteiger partial charge in [-0.1, -0.05) is 26.8 Å². The van der Waals surface area contributed by atoms with Crippen LogP contribution >= 0.6 is 0 Å². The van der Waals surface area contributed by atoms with Crippen LogP contribution in [0.4, 0.5) is 5.69 Å². The molecule has 0 spiro atoms. The SMILES string of the molecule is Cc1ccc([C@H](NC2=NS(=O)N=C2Nc2cccc(S(=O)(=O)N3CCCC3)c2O)C(C)(C)C)o1. The molecule has 1 unspecified atom stereocenters. The van der Waals surface area contributed by atoms with Gasteiger partial charge in [-0.15, -0.1) is 8.80 Å². The van der Waals surface area contributed by atoms with Gasteiger partial charge in [0.25, 0.3) is 11.2 Å². The number of anilines is 1. The van der Waals surface area contributed by atoms with Gasteiger partial charge in [0.15, 0.2) is 17.4 Å². The van der Waals surface area contributed by atoms with Crippen LogP contribution in [0.2, 0.25) is 0 Å². The largest absolute Gasteiger partial charge is 0.504 e. The molecule has 34 heavy (non-hydrogen) atoms. The fourth-order valence-electron chi connectivity index (χ4n) is 3.93. The van der Waals surface area contributed by atoms with E-state index in [0.717, 1.165) is 18.6 Å². The Balaban J connectivity index is 1.61. The summed E-state index contributed by atoms with van der Waals surface area (Å²) in [6, 6.07) is 7.83. The molecule has 1 aromatic carbocycles. The van der Waals surface area contributed by atoms with Gasteiger partial charge in [-0.2, -0.15) is 4.31 Å². The number of hydrogen-bond donors (Lipinski definition) is 3. The van der Waals surface area contributed by atoms with E-state index in [0.29, 0.717) is 18.8 Å². The Hall–Kier alpha value is -2.70. The summed E-state index contributed by atoms with van der Waals surface area (Å²) in [6.07, 6.45) is 1.58. The Morgan fingerprint density at radius 2 is 1.79 bits per heavy atom. The van der Waals surface area contributed by atoms with Crippen molar-refractivity contribution in [3.63, 3.8) is 0 Å². The van der Waals surface area contributed by atoms with Gasteiger partial charge in [0.2, 0.25) is 10.0 Å². The molecule has 184 valence electrons. The minimum atomic E-state index is -3.84. The number of aryl methyl sites for hydroxylation is 1. The normalized spacial score (nSPS) is 20.2. The number of amidine groups is 2. The lowest BCUT2D eigenvalue weighted by atomic mass is 9.85. The van der Waals surface area contributed by atoms with Crippen LogP contribution in [0.15, 0.2) is 48.4 Å². The zero-order valence-corrected chi connectivity index (χ0v) is 21.2. The second-order valence-corrected chi connectivity index (χ2v) is 12.1. The second-order valence-electron chi connectivity index (χ2n) is 9.39. The van der Waals surface area contributed by atoms with Gasteiger partial charge < -0.3 is 20.2 Å². The molecule has 0 bridgehead atoms. The van der Waals surface area contributed by atoms with Crippen molar-refractivity contribution >= 4 is 38.6 Å². The molecule has 0 amide bonds. The van der Waals surface area contributed by atoms with Gasteiger partial charge in [0, 0.05) is 13.1 Å². The summed E-state index contributed by atoms with van der Waals surface area (Å²) in [5, 5.41) is 17.0. The number of phenols is 1. The van der Waals surface area contributed by atoms with Gasteiger partial charge in [-0.05, 0) is 49.4 Å². The number of aromatic hydroxyl groups is 1. The molecule has 4 rings (SSSR count). The van der Waals surface area contributed by atoms with E-state index < -0.39 is 26.9 Å². The fraction of sp³-hybridized carbons (Fsp3) is 0.455. The van der Waals surface area contributed by atoms with Crippen LogP contribution in [0.25, 0.3) is 0 Å². The number of furan rings is 1. The average molecular weight is 508 g/mol. The molecule has 3 N–H and O–H groups in total. The summed E-state index contributed by atoms with van der Waals surface area (Å²) >= 11 is -1.87. The van der Waals surface area contributed by atoms with Crippen LogP contribution in [0.1, 0.15) is 51.2 Å². The monoisotopic (exact) mass is 507 g/mol. The molecule has 2 aliphatic heterocycles. The van der Waals surface area contributed by atoms with Gasteiger partial charge >= 0.3 is 0 Å². The summed E-state index contributed by atoms with van der Waals surface area (Å²) in [6.45, 7) is 8.78. The van der Waals surface area contributed by atoms with Crippen molar-refractivity contribution in [2.24, 2.45) is 14.2 Å². The molecular weight excluding hydrogens is 478 g/mol. The number of benzene rings is 1. The highest BCUT2D eigenvalue weighted by Gasteiger charge is 2.34. The summed E-state index contributed by atoms with van der Waals surface area (Å²) in [7, 11) is -3.84. The summed E-state index contributed by atoms with van der Waals surface area (Å²) in [5.41, 5.74) is -0.179. The van der Waals surface area contributed by atoms with Crippen LogP contribution in [-0.4, -0.2) is 46.8 Å². The third-order valence-corrected chi connectivity index (χ3v) is 8.30. The molecule has 2 atom stereocenters. The van der Waals surface area contributed by atoms with E-state index in [4.69, 9.17) is 4.42 Å². The number of nitrogens with zero attached hydrogens (tertiary/aromatic N) is 3. The summed E-state index contributed by atoms with van der Waals surface area (Å²) in [4.78, 5) is -0.191. The Morgan fingerprint density at radius 3 is 2.41 bits per heavy atom. The highest BCUT2D eigenvalue weighted by molar-refractivity contribution is 7.89. The van der Waals surface area contributed by atoms with Crippen molar-refractivity contribution in [1.29, 1.82) is 0 Å². The van der Waals surface area contributed by atoms with E-state index in [1.807, 2.05) is 39.8 Å². The molecular formula is C22H29N5O5S2. The van der Waals surface area contributed by atoms with E-state index in [1.54, 1.807) is 0 Å². The number of rotatable bonds is 5. The van der Waals surface area contributed by atoms with Crippen LogP contribution in [0.3, 0.4) is 0 Å². The van der Waals surface area contributed by atoms with Gasteiger partial charge in [0.05, 0.1) is 11.7 Å². The maximum absolute atomic E-state index is 13.0. The summed E-state index contributed by atoms with van der Waals surface area (Å²) in [5.74, 6) is 1.37. The van der Waals surface area contributed by atoms with Crippen LogP contribution in [0, 0.1) is 12.3 Å². The molecule has 2 aliphatic rings. The molecule has 10 nitrogen and oxygen atoms in total. The second kappa shape index (κ2) is 9.16. The third kappa shape index (κ3) is 4.89. The number of hydrogen-bond acceptors (Lipinski definition) is 7. The van der Waals surface area contributed by atoms with Gasteiger partial charge in [0.1, 0.15) is 16.4 Å². The minimum Gasteiger partial charge on any atom is -0.504 e. The average Bonchev–Trinajstić information content (AvgIpc) is 3.49. The fourth-order valence-corrected chi connectivity index (χ4v) is 6.17. The van der Waals surface area contributed by atoms with Crippen molar-refractivity contribution in [1.82, 2.24) is 9.62 Å². The maximum Gasteiger partial charge on any atom is 0.269 e. The lowest BCUT2D eigenvalue weighted by molar-refractivity contribution is 0.261. The highest BCUT2D eigenvalue weighted by atomic mass is 32.2. The first kappa shape index (κ1) is 24.4. The zero-order chi connectivity index (χ0) is 24.7. The van der Waals surface area contributed by atoms with Crippen molar-refractivity contribution < 1.29 is 22.2 Å². The molecule has 0 radical (unpaired) electrons. The molecule has 3 heterocycles. The van der Waals surface area contributed by atoms with Crippen molar-refractivity contribution in [3.05, 3.63) is 41.9 Å². The van der Waals surface area contributed by atoms with Crippen molar-refractivity contribution in [2.45, 2.75) is 51.5 Å².